The van der Waals surface area contributed by atoms with Gasteiger partial charge in [0, 0.05) is 6.04 Å². The molecule has 108 valence electrons. The lowest BCUT2D eigenvalue weighted by molar-refractivity contribution is -0.160. The first kappa shape index (κ1) is 16.0. The fraction of sp³-hybridized carbons (Fsp3) is 0.571. The van der Waals surface area contributed by atoms with E-state index in [0.717, 1.165) is 0 Å². The molecule has 0 aromatic heterocycles. The molecule has 2 atom stereocenters. The molecular formula is C14H20F3NO. The number of halogens is 3. The molecule has 0 saturated heterocycles. The smallest absolute Gasteiger partial charge is 0.395 e. The zero-order valence-electron chi connectivity index (χ0n) is 11.1. The number of rotatable bonds is 6. The summed E-state index contributed by atoms with van der Waals surface area (Å²) >= 11 is 0. The van der Waals surface area contributed by atoms with E-state index in [9.17, 15) is 18.3 Å². The molecule has 0 radical (unpaired) electrons. The van der Waals surface area contributed by atoms with Crippen LogP contribution in [0.5, 0.6) is 0 Å². The van der Waals surface area contributed by atoms with Crippen LogP contribution in [0.4, 0.5) is 13.2 Å². The van der Waals surface area contributed by atoms with E-state index in [4.69, 9.17) is 0 Å². The Kier molecular flexibility index (Phi) is 5.82. The molecule has 2 nitrogen and oxygen atoms in total. The molecule has 1 aromatic carbocycles. The summed E-state index contributed by atoms with van der Waals surface area (Å²) in [5, 5.41) is 11.7. The highest BCUT2D eigenvalue weighted by molar-refractivity contribution is 5.20. The highest BCUT2D eigenvalue weighted by atomic mass is 19.4. The molecule has 5 heteroatoms. The minimum atomic E-state index is -4.38. The third kappa shape index (κ3) is 5.20. The molecule has 1 aromatic rings. The predicted octanol–water partition coefficient (Wildman–Crippen LogP) is 3.29. The van der Waals surface area contributed by atoms with Gasteiger partial charge in [-0.3, -0.25) is 5.32 Å². The van der Waals surface area contributed by atoms with Gasteiger partial charge >= 0.3 is 6.18 Å². The molecule has 0 bridgehead atoms. The summed E-state index contributed by atoms with van der Waals surface area (Å²) in [4.78, 5) is 0. The van der Waals surface area contributed by atoms with Gasteiger partial charge < -0.3 is 5.11 Å². The Morgan fingerprint density at radius 3 is 2.16 bits per heavy atom. The van der Waals surface area contributed by atoms with Gasteiger partial charge in [0.05, 0.1) is 6.61 Å². The van der Waals surface area contributed by atoms with Crippen LogP contribution >= 0.6 is 0 Å². The first-order valence-corrected chi connectivity index (χ1v) is 6.33. The molecular weight excluding hydrogens is 255 g/mol. The maximum Gasteiger partial charge on any atom is 0.407 e. The average molecular weight is 275 g/mol. The van der Waals surface area contributed by atoms with Crippen molar-refractivity contribution in [3.05, 3.63) is 35.9 Å². The summed E-state index contributed by atoms with van der Waals surface area (Å²) in [7, 11) is 0. The summed E-state index contributed by atoms with van der Waals surface area (Å²) in [6.45, 7) is 3.52. The summed E-state index contributed by atoms with van der Waals surface area (Å²) in [5.74, 6) is 0.217. The average Bonchev–Trinajstić information content (AvgIpc) is 2.33. The van der Waals surface area contributed by atoms with Gasteiger partial charge in [-0.25, -0.2) is 0 Å². The summed E-state index contributed by atoms with van der Waals surface area (Å²) in [6.07, 6.45) is -3.89. The topological polar surface area (TPSA) is 32.3 Å². The van der Waals surface area contributed by atoms with Crippen LogP contribution in [0.1, 0.15) is 31.9 Å². The minimum absolute atomic E-state index is 0.164. The van der Waals surface area contributed by atoms with E-state index in [0.29, 0.717) is 6.42 Å². The van der Waals surface area contributed by atoms with Gasteiger partial charge in [0.1, 0.15) is 6.04 Å². The molecule has 0 heterocycles. The second kappa shape index (κ2) is 6.91. The van der Waals surface area contributed by atoms with Gasteiger partial charge in [-0.2, -0.15) is 13.2 Å². The monoisotopic (exact) mass is 275 g/mol. The van der Waals surface area contributed by atoms with E-state index >= 15 is 0 Å². The summed E-state index contributed by atoms with van der Waals surface area (Å²) < 4.78 is 39.3. The van der Waals surface area contributed by atoms with Crippen LogP contribution in [0, 0.1) is 5.92 Å². The lowest BCUT2D eigenvalue weighted by Crippen LogP contribution is -2.43. The van der Waals surface area contributed by atoms with Crippen molar-refractivity contribution in [1.29, 1.82) is 0 Å². The number of alkyl halides is 3. The molecule has 0 fully saturated rings. The Hall–Kier alpha value is -1.07. The lowest BCUT2D eigenvalue weighted by Gasteiger charge is -2.27. The van der Waals surface area contributed by atoms with Crippen molar-refractivity contribution in [3.63, 3.8) is 0 Å². The third-order valence-corrected chi connectivity index (χ3v) is 2.84. The van der Waals surface area contributed by atoms with Gasteiger partial charge in [0.25, 0.3) is 0 Å². The maximum atomic E-state index is 13.1. The molecule has 0 aliphatic carbocycles. The van der Waals surface area contributed by atoms with Crippen molar-refractivity contribution >= 4 is 0 Å². The zero-order valence-corrected chi connectivity index (χ0v) is 11.1. The van der Waals surface area contributed by atoms with Crippen LogP contribution in [0.3, 0.4) is 0 Å². The highest BCUT2D eigenvalue weighted by Crippen LogP contribution is 2.33. The highest BCUT2D eigenvalue weighted by Gasteiger charge is 2.41. The van der Waals surface area contributed by atoms with Crippen LogP contribution < -0.4 is 5.32 Å². The zero-order chi connectivity index (χ0) is 14.5. The molecule has 0 aliphatic rings. The van der Waals surface area contributed by atoms with E-state index in [-0.39, 0.29) is 18.1 Å². The largest absolute Gasteiger partial charge is 0.407 e. The number of nitrogens with one attached hydrogen (secondary N) is 1. The Morgan fingerprint density at radius 2 is 1.74 bits per heavy atom. The van der Waals surface area contributed by atoms with Gasteiger partial charge in [0.15, 0.2) is 0 Å². The fourth-order valence-electron chi connectivity index (χ4n) is 2.03. The van der Waals surface area contributed by atoms with Crippen LogP contribution in [-0.4, -0.2) is 23.9 Å². The van der Waals surface area contributed by atoms with Gasteiger partial charge in [-0.05, 0) is 17.9 Å². The SMILES string of the molecule is CC(C)C[C@@H](CO)N[C@@H](c1ccccc1)C(F)(F)F. The quantitative estimate of drug-likeness (QED) is 0.835. The first-order chi connectivity index (χ1) is 8.84. The maximum absolute atomic E-state index is 13.1. The molecule has 0 unspecified atom stereocenters. The second-order valence-electron chi connectivity index (χ2n) is 5.06. The van der Waals surface area contributed by atoms with Crippen molar-refractivity contribution in [1.82, 2.24) is 5.32 Å². The van der Waals surface area contributed by atoms with Crippen molar-refractivity contribution in [3.8, 4) is 0 Å². The van der Waals surface area contributed by atoms with Crippen molar-refractivity contribution < 1.29 is 18.3 Å². The molecule has 2 N–H and O–H groups in total. The van der Waals surface area contributed by atoms with Crippen LogP contribution in [0.2, 0.25) is 0 Å². The predicted molar refractivity (Wildman–Crippen MR) is 68.7 cm³/mol. The van der Waals surface area contributed by atoms with Gasteiger partial charge in [-0.1, -0.05) is 44.2 Å². The van der Waals surface area contributed by atoms with Crippen molar-refractivity contribution in [2.24, 2.45) is 5.92 Å². The third-order valence-electron chi connectivity index (χ3n) is 2.84. The van der Waals surface area contributed by atoms with E-state index < -0.39 is 18.3 Å². The number of aliphatic hydroxyl groups excluding tert-OH is 1. The van der Waals surface area contributed by atoms with E-state index in [2.05, 4.69) is 5.32 Å². The number of benzene rings is 1. The van der Waals surface area contributed by atoms with Crippen LogP contribution in [0.25, 0.3) is 0 Å². The van der Waals surface area contributed by atoms with Crippen LogP contribution in [0.15, 0.2) is 30.3 Å². The van der Waals surface area contributed by atoms with Crippen molar-refractivity contribution in [2.75, 3.05) is 6.61 Å². The Balaban J connectivity index is 2.87. The molecule has 0 aliphatic heterocycles. The Labute approximate surface area is 111 Å². The number of hydrogen-bond donors (Lipinski definition) is 2. The molecule has 1 rings (SSSR count). The Bertz CT molecular complexity index is 365. The summed E-state index contributed by atoms with van der Waals surface area (Å²) in [5.41, 5.74) is 0.164. The molecule has 0 amide bonds. The normalized spacial score (nSPS) is 15.5. The summed E-state index contributed by atoms with van der Waals surface area (Å²) in [6, 6.07) is 5.40. The number of aliphatic hydroxyl groups is 1. The Morgan fingerprint density at radius 1 is 1.16 bits per heavy atom. The fourth-order valence-corrected chi connectivity index (χ4v) is 2.03. The van der Waals surface area contributed by atoms with Gasteiger partial charge in [0.2, 0.25) is 0 Å². The van der Waals surface area contributed by atoms with Crippen molar-refractivity contribution in [2.45, 2.75) is 38.5 Å². The van der Waals surface area contributed by atoms with E-state index in [1.54, 1.807) is 18.2 Å². The van der Waals surface area contributed by atoms with Gasteiger partial charge in [-0.15, -0.1) is 0 Å². The molecule has 19 heavy (non-hydrogen) atoms. The molecule has 0 spiro atoms. The van der Waals surface area contributed by atoms with Crippen LogP contribution in [-0.2, 0) is 0 Å². The second-order valence-corrected chi connectivity index (χ2v) is 5.06. The first-order valence-electron chi connectivity index (χ1n) is 6.33. The number of hydrogen-bond acceptors (Lipinski definition) is 2. The molecule has 0 saturated carbocycles. The lowest BCUT2D eigenvalue weighted by atomic mass is 10.0. The standard InChI is InChI=1S/C14H20F3NO/c1-10(2)8-12(9-19)18-13(14(15,16)17)11-6-4-3-5-7-11/h3-7,10,12-13,18-19H,8-9H2,1-2H3/t12-,13-/m0/s1. The van der Waals surface area contributed by atoms with E-state index in [1.165, 1.54) is 12.1 Å². The van der Waals surface area contributed by atoms with E-state index in [1.807, 2.05) is 13.8 Å². The minimum Gasteiger partial charge on any atom is -0.395 e.